The number of benzene rings is 7. The molecule has 3 fully saturated rings. The number of urea groups is 1. The standard InChI is InChI=1S/C67H64N6O9/c1-45(49-21-9-4-10-22-49)68-66(78)72-54-31-29-46(20-17-33-69(2)42-47-18-7-3-8-19-47)40-53(54)67(65(72)77)58(63(75)71-36-34-70(35-37-71)43-48-30-32-56-57(41-48)81-44-80-56)60-64(76)82-61(51-25-13-6-14-26-51)59(50-23-11-5-12-24-50)73(60)62(67)52-27-15-16-28-55(52)79-39-38-74/h3-16,18-19,21-32,40-41,45,58-62,74H,33-39,42-44H2,1-2H3,(H,68,78)/t45-,58+,59+,60+,61-,62-,67+/m1/s1. The van der Waals surface area contributed by atoms with E-state index in [0.29, 0.717) is 72.2 Å². The zero-order chi connectivity index (χ0) is 56.3. The summed E-state index contributed by atoms with van der Waals surface area (Å²) in [5, 5.41) is 13.4. The number of carbonyl (C=O) groups is 4. The first-order chi connectivity index (χ1) is 40.1. The highest BCUT2D eigenvalue weighted by molar-refractivity contribution is 6.25. The van der Waals surface area contributed by atoms with E-state index in [4.69, 9.17) is 18.9 Å². The van der Waals surface area contributed by atoms with Gasteiger partial charge in [-0.15, -0.1) is 0 Å². The van der Waals surface area contributed by atoms with Crippen LogP contribution in [0.4, 0.5) is 10.5 Å². The first-order valence-corrected chi connectivity index (χ1v) is 28.0. The Bertz CT molecular complexity index is 3540. The lowest BCUT2D eigenvalue weighted by atomic mass is 9.64. The van der Waals surface area contributed by atoms with Crippen molar-refractivity contribution in [1.29, 1.82) is 0 Å². The molecule has 0 saturated carbocycles. The van der Waals surface area contributed by atoms with Crippen molar-refractivity contribution in [2.24, 2.45) is 5.92 Å². The van der Waals surface area contributed by atoms with E-state index >= 15 is 19.2 Å². The summed E-state index contributed by atoms with van der Waals surface area (Å²) in [6.07, 6.45) is -0.932. The molecule has 1 spiro atoms. The van der Waals surface area contributed by atoms with Crippen LogP contribution < -0.4 is 24.4 Å². The Morgan fingerprint density at radius 1 is 0.756 bits per heavy atom. The molecule has 0 aliphatic carbocycles. The number of hydrogen-bond acceptors (Lipinski definition) is 12. The molecular weight excluding hydrogens is 1030 g/mol. The molecule has 7 aromatic carbocycles. The van der Waals surface area contributed by atoms with Crippen molar-refractivity contribution in [3.8, 4) is 29.1 Å². The zero-order valence-electron chi connectivity index (χ0n) is 45.8. The molecule has 0 bridgehead atoms. The van der Waals surface area contributed by atoms with Gasteiger partial charge in [-0.05, 0) is 83.8 Å². The van der Waals surface area contributed by atoms with E-state index in [1.54, 1.807) is 23.1 Å². The van der Waals surface area contributed by atoms with Crippen molar-refractivity contribution in [2.45, 2.75) is 55.7 Å². The second-order valence-electron chi connectivity index (χ2n) is 21.6. The third kappa shape index (κ3) is 10.1. The van der Waals surface area contributed by atoms with Gasteiger partial charge in [-0.25, -0.2) is 9.69 Å². The highest BCUT2D eigenvalue weighted by atomic mass is 16.7. The number of carbonyl (C=O) groups excluding carboxylic acids is 4. The van der Waals surface area contributed by atoms with E-state index in [2.05, 4.69) is 39.1 Å². The molecule has 7 atom stereocenters. The van der Waals surface area contributed by atoms with Crippen LogP contribution in [0, 0.1) is 17.8 Å². The number of nitrogens with one attached hydrogen (secondary N) is 1. The van der Waals surface area contributed by atoms with E-state index in [1.807, 2.05) is 171 Å². The third-order valence-electron chi connectivity index (χ3n) is 16.5. The SMILES string of the molecule is C[C@@H](NC(=O)N1C(=O)[C@@]2(c3cc(C#CCN(C)Cc4ccccc4)ccc31)[C@H](C(=O)N1CCN(Cc3ccc4c(c3)OCO4)CC1)[C@H]1C(=O)O[C@H](c3ccccc3)[C@H](c3ccccc3)N1[C@@H]2c1ccccc1OCCO)c1ccccc1. The summed E-state index contributed by atoms with van der Waals surface area (Å²) >= 11 is 0. The van der Waals surface area contributed by atoms with Crippen molar-refractivity contribution in [1.82, 2.24) is 24.9 Å². The van der Waals surface area contributed by atoms with Crippen molar-refractivity contribution in [2.75, 3.05) is 64.7 Å². The van der Waals surface area contributed by atoms with Crippen LogP contribution in [0.2, 0.25) is 0 Å². The smallest absolute Gasteiger partial charge is 0.329 e. The second kappa shape index (κ2) is 23.4. The number of nitrogens with zero attached hydrogens (tertiary/aromatic N) is 5. The molecule has 4 amide bonds. The lowest BCUT2D eigenvalue weighted by Crippen LogP contribution is -2.59. The summed E-state index contributed by atoms with van der Waals surface area (Å²) in [5.41, 5.74) is 4.04. The molecule has 416 valence electrons. The quantitative estimate of drug-likeness (QED) is 0.0791. The number of morpholine rings is 1. The van der Waals surface area contributed by atoms with E-state index < -0.39 is 65.4 Å². The summed E-state index contributed by atoms with van der Waals surface area (Å²) in [5.74, 6) is 5.15. The lowest BCUT2D eigenvalue weighted by molar-refractivity contribution is -0.179. The van der Waals surface area contributed by atoms with Gasteiger partial charge < -0.3 is 34.3 Å². The topological polar surface area (TPSA) is 154 Å². The molecule has 12 rings (SSSR count). The number of esters is 1. The van der Waals surface area contributed by atoms with Crippen LogP contribution in [0.25, 0.3) is 0 Å². The second-order valence-corrected chi connectivity index (χ2v) is 21.6. The van der Waals surface area contributed by atoms with Gasteiger partial charge in [0.1, 0.15) is 29.9 Å². The molecule has 2 N–H and O–H groups in total. The van der Waals surface area contributed by atoms with Crippen LogP contribution in [0.15, 0.2) is 182 Å². The number of aliphatic hydroxyl groups is 1. The van der Waals surface area contributed by atoms with Gasteiger partial charge in [0.25, 0.3) is 0 Å². The fourth-order valence-corrected chi connectivity index (χ4v) is 12.9. The molecule has 82 heavy (non-hydrogen) atoms. The minimum atomic E-state index is -2.05. The van der Waals surface area contributed by atoms with Gasteiger partial charge >= 0.3 is 12.0 Å². The highest BCUT2D eigenvalue weighted by Crippen LogP contribution is 2.67. The molecule has 0 aromatic heterocycles. The highest BCUT2D eigenvalue weighted by Gasteiger charge is 2.76. The zero-order valence-corrected chi connectivity index (χ0v) is 45.8. The number of aliphatic hydroxyl groups excluding tert-OH is 1. The van der Waals surface area contributed by atoms with Gasteiger partial charge in [-0.1, -0.05) is 157 Å². The van der Waals surface area contributed by atoms with Crippen LogP contribution in [0.5, 0.6) is 17.2 Å². The van der Waals surface area contributed by atoms with Crippen molar-refractivity contribution < 1.29 is 43.2 Å². The van der Waals surface area contributed by atoms with Crippen LogP contribution in [0.3, 0.4) is 0 Å². The Labute approximate surface area is 477 Å². The number of imide groups is 1. The number of cyclic esters (lactones) is 1. The maximum absolute atomic E-state index is 17.2. The minimum absolute atomic E-state index is 0.0925. The van der Waals surface area contributed by atoms with Gasteiger partial charge in [0, 0.05) is 50.4 Å². The number of amides is 4. The average molecular weight is 1100 g/mol. The van der Waals surface area contributed by atoms with Gasteiger partial charge in [-0.2, -0.15) is 0 Å². The summed E-state index contributed by atoms with van der Waals surface area (Å²) in [6, 6.07) is 52.7. The average Bonchev–Trinajstić information content (AvgIpc) is 3.54. The number of anilines is 1. The summed E-state index contributed by atoms with van der Waals surface area (Å²) in [4.78, 5) is 74.7. The Balaban J connectivity index is 1.05. The number of para-hydroxylation sites is 1. The third-order valence-corrected chi connectivity index (χ3v) is 16.5. The molecule has 0 unspecified atom stereocenters. The van der Waals surface area contributed by atoms with Crippen LogP contribution in [0.1, 0.15) is 75.7 Å². The predicted molar refractivity (Wildman–Crippen MR) is 308 cm³/mol. The number of hydrogen-bond donors (Lipinski definition) is 2. The summed E-state index contributed by atoms with van der Waals surface area (Å²) in [7, 11) is 2.00. The Morgan fingerprint density at radius 2 is 1.43 bits per heavy atom. The molecule has 15 heteroatoms. The maximum atomic E-state index is 17.2. The van der Waals surface area contributed by atoms with Gasteiger partial charge in [0.2, 0.25) is 18.6 Å². The van der Waals surface area contributed by atoms with Crippen molar-refractivity contribution in [3.05, 3.63) is 226 Å². The normalized spacial score (nSPS) is 22.3. The number of piperazine rings is 1. The molecular formula is C67H64N6O9. The van der Waals surface area contributed by atoms with Crippen molar-refractivity contribution in [3.63, 3.8) is 0 Å². The van der Waals surface area contributed by atoms with Crippen molar-refractivity contribution >= 4 is 29.5 Å². The van der Waals surface area contributed by atoms with Gasteiger partial charge in [0.15, 0.2) is 11.5 Å². The fourth-order valence-electron chi connectivity index (χ4n) is 12.9. The first kappa shape index (κ1) is 53.8. The predicted octanol–water partition coefficient (Wildman–Crippen LogP) is 8.75. The Hall–Kier alpha value is -8.78. The molecule has 5 aliphatic heterocycles. The summed E-state index contributed by atoms with van der Waals surface area (Å²) in [6.45, 7) is 4.79. The molecule has 5 heterocycles. The molecule has 5 aliphatic rings. The number of fused-ring (bicyclic) bond motifs is 4. The minimum Gasteiger partial charge on any atom is -0.491 e. The molecule has 0 radical (unpaired) electrons. The summed E-state index contributed by atoms with van der Waals surface area (Å²) < 4.78 is 24.5. The Morgan fingerprint density at radius 3 is 2.16 bits per heavy atom. The van der Waals surface area contributed by atoms with Gasteiger partial charge in [-0.3, -0.25) is 29.1 Å². The molecule has 7 aromatic rings. The van der Waals surface area contributed by atoms with Crippen LogP contribution in [-0.2, 0) is 37.6 Å². The van der Waals surface area contributed by atoms with E-state index in [0.717, 1.165) is 22.3 Å². The first-order valence-electron chi connectivity index (χ1n) is 28.0. The van der Waals surface area contributed by atoms with Crippen LogP contribution >= 0.6 is 0 Å². The fraction of sp³-hybridized carbons (Fsp3) is 0.284. The molecule has 3 saturated heterocycles. The molecule has 15 nitrogen and oxygen atoms in total. The number of ether oxygens (including phenoxy) is 4. The largest absolute Gasteiger partial charge is 0.491 e. The van der Waals surface area contributed by atoms with E-state index in [1.165, 1.54) is 4.90 Å². The number of rotatable bonds is 14. The van der Waals surface area contributed by atoms with E-state index in [9.17, 15) is 5.11 Å². The van der Waals surface area contributed by atoms with E-state index in [-0.39, 0.29) is 38.8 Å². The van der Waals surface area contributed by atoms with Gasteiger partial charge in [0.05, 0.1) is 42.9 Å². The Kier molecular flexibility index (Phi) is 15.3. The maximum Gasteiger partial charge on any atom is 0.329 e. The van der Waals surface area contributed by atoms with Crippen LogP contribution in [-0.4, -0.2) is 114 Å². The lowest BCUT2D eigenvalue weighted by Gasteiger charge is -2.46. The monoisotopic (exact) mass is 1100 g/mol.